The van der Waals surface area contributed by atoms with Crippen LogP contribution in [0.3, 0.4) is 0 Å². The second-order valence-corrected chi connectivity index (χ2v) is 21.8. The summed E-state index contributed by atoms with van der Waals surface area (Å²) < 4.78 is 16.9. The van der Waals surface area contributed by atoms with Crippen molar-refractivity contribution in [2.75, 3.05) is 13.2 Å². The predicted molar refractivity (Wildman–Crippen MR) is 293 cm³/mol. The molecule has 0 N–H and O–H groups in total. The van der Waals surface area contributed by atoms with Crippen molar-refractivity contribution < 1.29 is 28.6 Å². The van der Waals surface area contributed by atoms with Gasteiger partial charge in [-0.2, -0.15) is 0 Å². The zero-order valence-electron chi connectivity index (χ0n) is 46.6. The number of rotatable bonds is 57. The lowest BCUT2D eigenvalue weighted by Crippen LogP contribution is -2.30. The Morgan fingerprint density at radius 1 is 0.279 bits per heavy atom. The van der Waals surface area contributed by atoms with E-state index in [1.807, 2.05) is 0 Å². The second kappa shape index (κ2) is 56.3. The average Bonchev–Trinajstić information content (AvgIpc) is 3.32. The van der Waals surface area contributed by atoms with Crippen LogP contribution < -0.4 is 0 Å². The number of carbonyl (C=O) groups excluding carboxylic acids is 3. The van der Waals surface area contributed by atoms with Crippen LogP contribution in [0.4, 0.5) is 0 Å². The van der Waals surface area contributed by atoms with E-state index >= 15 is 0 Å². The van der Waals surface area contributed by atoms with Crippen LogP contribution in [-0.2, 0) is 28.6 Å². The first-order valence-electron chi connectivity index (χ1n) is 30.9. The Morgan fingerprint density at radius 2 is 0.485 bits per heavy atom. The van der Waals surface area contributed by atoms with Crippen molar-refractivity contribution in [3.8, 4) is 0 Å². The Morgan fingerprint density at radius 3 is 0.721 bits per heavy atom. The van der Waals surface area contributed by atoms with E-state index in [4.69, 9.17) is 14.2 Å². The average molecular weight is 962 g/mol. The van der Waals surface area contributed by atoms with Gasteiger partial charge in [0.25, 0.3) is 0 Å². The topological polar surface area (TPSA) is 78.9 Å². The maximum Gasteiger partial charge on any atom is 0.306 e. The molecular formula is C62H120O6. The highest BCUT2D eigenvalue weighted by Gasteiger charge is 2.19. The summed E-state index contributed by atoms with van der Waals surface area (Å²) in [6.45, 7) is 9.08. The smallest absolute Gasteiger partial charge is 0.306 e. The molecule has 0 aliphatic carbocycles. The fourth-order valence-electron chi connectivity index (χ4n) is 9.63. The molecule has 0 saturated heterocycles. The molecule has 404 valence electrons. The molecular weight excluding hydrogens is 841 g/mol. The van der Waals surface area contributed by atoms with Crippen LogP contribution in [-0.4, -0.2) is 37.2 Å². The molecule has 0 aromatic heterocycles. The van der Waals surface area contributed by atoms with Crippen molar-refractivity contribution in [3.63, 3.8) is 0 Å². The first-order valence-corrected chi connectivity index (χ1v) is 30.9. The molecule has 6 heteroatoms. The quantitative estimate of drug-likeness (QED) is 0.0343. The minimum absolute atomic E-state index is 0.0615. The van der Waals surface area contributed by atoms with Crippen molar-refractivity contribution in [1.82, 2.24) is 0 Å². The van der Waals surface area contributed by atoms with Gasteiger partial charge in [-0.05, 0) is 25.2 Å². The predicted octanol–water partition coefficient (Wildman–Crippen LogP) is 20.6. The van der Waals surface area contributed by atoms with Crippen molar-refractivity contribution in [2.45, 2.75) is 361 Å². The molecule has 0 aromatic rings. The molecule has 0 rings (SSSR count). The van der Waals surface area contributed by atoms with Gasteiger partial charge in [0.1, 0.15) is 13.2 Å². The number of esters is 3. The molecule has 6 nitrogen and oxygen atoms in total. The van der Waals surface area contributed by atoms with E-state index in [1.54, 1.807) is 0 Å². The Bertz CT molecular complexity index is 1030. The van der Waals surface area contributed by atoms with Gasteiger partial charge in [0, 0.05) is 19.3 Å². The van der Waals surface area contributed by atoms with Crippen molar-refractivity contribution in [1.29, 1.82) is 0 Å². The summed E-state index contributed by atoms with van der Waals surface area (Å²) in [7, 11) is 0. The molecule has 0 radical (unpaired) electrons. The highest BCUT2D eigenvalue weighted by molar-refractivity contribution is 5.71. The van der Waals surface area contributed by atoms with Gasteiger partial charge in [0.15, 0.2) is 6.10 Å². The van der Waals surface area contributed by atoms with Crippen LogP contribution in [0, 0.1) is 5.92 Å². The highest BCUT2D eigenvalue weighted by Crippen LogP contribution is 2.18. The fourth-order valence-corrected chi connectivity index (χ4v) is 9.63. The van der Waals surface area contributed by atoms with Crippen LogP contribution in [0.2, 0.25) is 0 Å². The van der Waals surface area contributed by atoms with E-state index in [1.165, 1.54) is 250 Å². The van der Waals surface area contributed by atoms with Crippen LogP contribution >= 0.6 is 0 Å². The second-order valence-electron chi connectivity index (χ2n) is 21.8. The number of ether oxygens (including phenoxy) is 3. The molecule has 0 amide bonds. The first kappa shape index (κ1) is 66.4. The van der Waals surface area contributed by atoms with Crippen LogP contribution in [0.15, 0.2) is 0 Å². The fraction of sp³-hybridized carbons (Fsp3) is 0.952. The SMILES string of the molecule is CCCCCCCCCCCCCCCCCCCCC(=O)OC[C@@H](COC(=O)CCCCCCCCCCCCCCCCCCC)OC(=O)CCCCCCCCCCCCCCC(C)C. The highest BCUT2D eigenvalue weighted by atomic mass is 16.6. The van der Waals surface area contributed by atoms with Crippen molar-refractivity contribution in [2.24, 2.45) is 5.92 Å². The summed E-state index contributed by atoms with van der Waals surface area (Å²) in [6, 6.07) is 0. The lowest BCUT2D eigenvalue weighted by Gasteiger charge is -2.18. The van der Waals surface area contributed by atoms with Gasteiger partial charge in [-0.15, -0.1) is 0 Å². The Kier molecular flexibility index (Phi) is 55.0. The standard InChI is InChI=1S/C62H120O6/c1-5-7-9-11-13-15-17-19-21-23-25-27-29-34-38-42-46-50-54-61(64)67-57-59(68-62(65)55-51-47-43-39-35-31-30-32-36-40-44-48-52-58(3)4)56-66-60(63)53-49-45-41-37-33-28-26-24-22-20-18-16-14-12-10-8-6-2/h58-59H,5-57H2,1-4H3/t59-/m1/s1. The normalized spacial score (nSPS) is 12.0. The summed E-state index contributed by atoms with van der Waals surface area (Å²) in [4.78, 5) is 38.2. The minimum Gasteiger partial charge on any atom is -0.462 e. The molecule has 0 aliphatic heterocycles. The zero-order valence-corrected chi connectivity index (χ0v) is 46.6. The molecule has 68 heavy (non-hydrogen) atoms. The van der Waals surface area contributed by atoms with Crippen molar-refractivity contribution in [3.05, 3.63) is 0 Å². The molecule has 0 fully saturated rings. The summed E-state index contributed by atoms with van der Waals surface area (Å²) in [6.07, 6.45) is 62.4. The zero-order chi connectivity index (χ0) is 49.5. The third-order valence-electron chi connectivity index (χ3n) is 14.3. The number of unbranched alkanes of at least 4 members (excludes halogenated alkanes) is 44. The third-order valence-corrected chi connectivity index (χ3v) is 14.3. The Hall–Kier alpha value is -1.59. The van der Waals surface area contributed by atoms with Gasteiger partial charge >= 0.3 is 17.9 Å². The lowest BCUT2D eigenvalue weighted by atomic mass is 10.0. The summed E-state index contributed by atoms with van der Waals surface area (Å²) in [5, 5.41) is 0. The molecule has 0 bridgehead atoms. The van der Waals surface area contributed by atoms with Gasteiger partial charge in [-0.1, -0.05) is 317 Å². The maximum atomic E-state index is 12.9. The van der Waals surface area contributed by atoms with Gasteiger partial charge in [-0.25, -0.2) is 0 Å². The van der Waals surface area contributed by atoms with Gasteiger partial charge < -0.3 is 14.2 Å². The molecule has 0 heterocycles. The summed E-state index contributed by atoms with van der Waals surface area (Å²) in [5.74, 6) is 0.00143. The minimum atomic E-state index is -0.763. The summed E-state index contributed by atoms with van der Waals surface area (Å²) in [5.41, 5.74) is 0. The molecule has 0 unspecified atom stereocenters. The molecule has 0 aliphatic rings. The van der Waals surface area contributed by atoms with E-state index < -0.39 is 6.10 Å². The molecule has 0 aromatic carbocycles. The summed E-state index contributed by atoms with van der Waals surface area (Å²) >= 11 is 0. The van der Waals surface area contributed by atoms with E-state index in [2.05, 4.69) is 27.7 Å². The van der Waals surface area contributed by atoms with E-state index in [-0.39, 0.29) is 31.1 Å². The Labute approximate surface area is 425 Å². The van der Waals surface area contributed by atoms with Crippen LogP contribution in [0.5, 0.6) is 0 Å². The monoisotopic (exact) mass is 961 g/mol. The van der Waals surface area contributed by atoms with Gasteiger partial charge in [0.05, 0.1) is 0 Å². The van der Waals surface area contributed by atoms with E-state index in [0.29, 0.717) is 19.3 Å². The van der Waals surface area contributed by atoms with E-state index in [0.717, 1.165) is 63.7 Å². The van der Waals surface area contributed by atoms with Crippen LogP contribution in [0.25, 0.3) is 0 Å². The van der Waals surface area contributed by atoms with Gasteiger partial charge in [0.2, 0.25) is 0 Å². The number of hydrogen-bond acceptors (Lipinski definition) is 6. The molecule has 1 atom stereocenters. The number of carbonyl (C=O) groups is 3. The first-order chi connectivity index (χ1) is 33.4. The number of hydrogen-bond donors (Lipinski definition) is 0. The molecule has 0 saturated carbocycles. The van der Waals surface area contributed by atoms with Gasteiger partial charge in [-0.3, -0.25) is 14.4 Å². The molecule has 0 spiro atoms. The lowest BCUT2D eigenvalue weighted by molar-refractivity contribution is -0.167. The Balaban J connectivity index is 4.28. The maximum absolute atomic E-state index is 12.9. The third kappa shape index (κ3) is 55.3. The van der Waals surface area contributed by atoms with Crippen LogP contribution in [0.1, 0.15) is 355 Å². The van der Waals surface area contributed by atoms with E-state index in [9.17, 15) is 14.4 Å². The largest absolute Gasteiger partial charge is 0.462 e. The van der Waals surface area contributed by atoms with Crippen molar-refractivity contribution >= 4 is 17.9 Å².